The van der Waals surface area contributed by atoms with Crippen LogP contribution in [0.4, 0.5) is 0 Å². The van der Waals surface area contributed by atoms with Gasteiger partial charge in [-0.2, -0.15) is 0 Å². The highest BCUT2D eigenvalue weighted by Gasteiger charge is 2.16. The number of hydrogen-bond acceptors (Lipinski definition) is 3. The number of methoxy groups -OCH3 is 1. The van der Waals surface area contributed by atoms with Crippen LogP contribution in [0.2, 0.25) is 0 Å². The van der Waals surface area contributed by atoms with Crippen molar-refractivity contribution < 1.29 is 19.4 Å². The zero-order chi connectivity index (χ0) is 13.7. The molecule has 1 heterocycles. The molecule has 1 aliphatic rings. The number of aliphatic carboxylic acids is 1. The zero-order valence-corrected chi connectivity index (χ0v) is 11.0. The van der Waals surface area contributed by atoms with E-state index in [0.717, 1.165) is 18.6 Å². The average Bonchev–Trinajstić information content (AvgIpc) is 2.46. The van der Waals surface area contributed by atoms with Crippen LogP contribution in [0, 0.1) is 5.92 Å². The molecule has 1 aromatic carbocycles. The van der Waals surface area contributed by atoms with Gasteiger partial charge < -0.3 is 14.6 Å². The topological polar surface area (TPSA) is 55.8 Å². The van der Waals surface area contributed by atoms with Crippen molar-refractivity contribution in [2.24, 2.45) is 5.92 Å². The Bertz CT molecular complexity index is 456. The summed E-state index contributed by atoms with van der Waals surface area (Å²) < 4.78 is 10.4. The third kappa shape index (κ3) is 3.58. The minimum atomic E-state index is -0.892. The lowest BCUT2D eigenvalue weighted by Crippen LogP contribution is -2.15. The van der Waals surface area contributed by atoms with Crippen molar-refractivity contribution in [3.8, 4) is 5.75 Å². The molecule has 0 bridgehead atoms. The van der Waals surface area contributed by atoms with Crippen LogP contribution in [-0.2, 0) is 9.53 Å². The molecule has 1 N–H and O–H groups in total. The highest BCUT2D eigenvalue weighted by atomic mass is 16.5. The minimum absolute atomic E-state index is 0.280. The number of ether oxygens (including phenoxy) is 2. The Hall–Kier alpha value is -1.81. The van der Waals surface area contributed by atoms with Gasteiger partial charge >= 0.3 is 5.97 Å². The third-order valence-electron chi connectivity index (χ3n) is 3.30. The summed E-state index contributed by atoms with van der Waals surface area (Å²) in [7, 11) is 1.59. The van der Waals surface area contributed by atoms with Crippen molar-refractivity contribution in [1.82, 2.24) is 0 Å². The molecule has 1 saturated heterocycles. The first-order chi connectivity index (χ1) is 9.20. The monoisotopic (exact) mass is 262 g/mol. The fourth-order valence-electron chi connectivity index (χ4n) is 2.18. The summed E-state index contributed by atoms with van der Waals surface area (Å²) in [5.74, 6) is 0.109. The standard InChI is InChI=1S/C15H18O4/c1-18-13-4-2-12(3-5-13)14(15(16)17)10-11-6-8-19-9-7-11/h2-5,10-11H,6-9H2,1H3,(H,16,17)/b14-10+. The summed E-state index contributed by atoms with van der Waals surface area (Å²) in [6, 6.07) is 7.10. The lowest BCUT2D eigenvalue weighted by atomic mass is 9.94. The first-order valence-corrected chi connectivity index (χ1v) is 6.38. The highest BCUT2D eigenvalue weighted by molar-refractivity contribution is 6.15. The summed E-state index contributed by atoms with van der Waals surface area (Å²) in [6.45, 7) is 1.41. The second-order valence-corrected chi connectivity index (χ2v) is 4.56. The summed E-state index contributed by atoms with van der Waals surface area (Å²) in [5.41, 5.74) is 1.06. The van der Waals surface area contributed by atoms with Gasteiger partial charge in [-0.25, -0.2) is 4.79 Å². The fourth-order valence-corrected chi connectivity index (χ4v) is 2.18. The van der Waals surface area contributed by atoms with E-state index in [1.54, 1.807) is 31.4 Å². The molecule has 0 aromatic heterocycles. The van der Waals surface area contributed by atoms with Gasteiger partial charge in [0, 0.05) is 13.2 Å². The molecule has 0 amide bonds. The minimum Gasteiger partial charge on any atom is -0.497 e. The molecule has 1 aromatic rings. The molecule has 0 atom stereocenters. The first kappa shape index (κ1) is 13.6. The summed E-state index contributed by atoms with van der Waals surface area (Å²) in [6.07, 6.45) is 3.62. The molecule has 0 unspecified atom stereocenters. The summed E-state index contributed by atoms with van der Waals surface area (Å²) in [4.78, 5) is 11.4. The van der Waals surface area contributed by atoms with Crippen molar-refractivity contribution in [1.29, 1.82) is 0 Å². The third-order valence-corrected chi connectivity index (χ3v) is 3.30. The molecule has 0 saturated carbocycles. The largest absolute Gasteiger partial charge is 0.497 e. The lowest BCUT2D eigenvalue weighted by molar-refractivity contribution is -0.130. The number of benzene rings is 1. The molecule has 0 radical (unpaired) electrons. The predicted molar refractivity (Wildman–Crippen MR) is 72.1 cm³/mol. The second-order valence-electron chi connectivity index (χ2n) is 4.56. The molecule has 1 aliphatic heterocycles. The van der Waals surface area contributed by atoms with Crippen molar-refractivity contribution in [2.75, 3.05) is 20.3 Å². The maximum Gasteiger partial charge on any atom is 0.335 e. The van der Waals surface area contributed by atoms with E-state index in [9.17, 15) is 9.90 Å². The Labute approximate surface area is 112 Å². The predicted octanol–water partition coefficient (Wildman–Crippen LogP) is 2.59. The van der Waals surface area contributed by atoms with E-state index in [1.807, 2.05) is 6.08 Å². The van der Waals surface area contributed by atoms with Crippen LogP contribution >= 0.6 is 0 Å². The smallest absolute Gasteiger partial charge is 0.335 e. The Kier molecular flexibility index (Phi) is 4.58. The molecular formula is C15H18O4. The lowest BCUT2D eigenvalue weighted by Gasteiger charge is -2.19. The van der Waals surface area contributed by atoms with E-state index in [-0.39, 0.29) is 5.92 Å². The molecule has 4 heteroatoms. The fraction of sp³-hybridized carbons (Fsp3) is 0.400. The van der Waals surface area contributed by atoms with E-state index in [2.05, 4.69) is 0 Å². The molecule has 1 fully saturated rings. The van der Waals surface area contributed by atoms with Gasteiger partial charge in [-0.15, -0.1) is 0 Å². The molecular weight excluding hydrogens is 244 g/mol. The highest BCUT2D eigenvalue weighted by Crippen LogP contribution is 2.24. The second kappa shape index (κ2) is 6.38. The quantitative estimate of drug-likeness (QED) is 0.847. The van der Waals surface area contributed by atoms with Gasteiger partial charge in [0.25, 0.3) is 0 Å². The SMILES string of the molecule is COc1ccc(/C(=C\C2CCOCC2)C(=O)O)cc1. The number of allylic oxidation sites excluding steroid dienone is 1. The van der Waals surface area contributed by atoms with Crippen LogP contribution in [-0.4, -0.2) is 31.4 Å². The molecule has 0 aliphatic carbocycles. The van der Waals surface area contributed by atoms with Gasteiger partial charge in [0.15, 0.2) is 0 Å². The van der Waals surface area contributed by atoms with Crippen LogP contribution in [0.15, 0.2) is 30.3 Å². The van der Waals surface area contributed by atoms with Crippen molar-refractivity contribution >= 4 is 11.5 Å². The van der Waals surface area contributed by atoms with Gasteiger partial charge in [0.2, 0.25) is 0 Å². The first-order valence-electron chi connectivity index (χ1n) is 6.38. The maximum absolute atomic E-state index is 11.4. The number of hydrogen-bond donors (Lipinski definition) is 1. The summed E-state index contributed by atoms with van der Waals surface area (Å²) in [5, 5.41) is 9.35. The van der Waals surface area contributed by atoms with Gasteiger partial charge in [-0.1, -0.05) is 18.2 Å². The number of carboxylic acids is 1. The van der Waals surface area contributed by atoms with Crippen LogP contribution in [0.1, 0.15) is 18.4 Å². The van der Waals surface area contributed by atoms with Crippen molar-refractivity contribution in [3.05, 3.63) is 35.9 Å². The van der Waals surface area contributed by atoms with Crippen molar-refractivity contribution in [2.45, 2.75) is 12.8 Å². The van der Waals surface area contributed by atoms with Crippen LogP contribution in [0.3, 0.4) is 0 Å². The number of rotatable bonds is 4. The molecule has 19 heavy (non-hydrogen) atoms. The van der Waals surface area contributed by atoms with Crippen molar-refractivity contribution in [3.63, 3.8) is 0 Å². The Morgan fingerprint density at radius 2 is 1.95 bits per heavy atom. The van der Waals surface area contributed by atoms with E-state index >= 15 is 0 Å². The Morgan fingerprint density at radius 3 is 2.47 bits per heavy atom. The Morgan fingerprint density at radius 1 is 1.32 bits per heavy atom. The van der Waals surface area contributed by atoms with Gasteiger partial charge in [-0.3, -0.25) is 0 Å². The number of carboxylic acid groups (broad SMARTS) is 1. The van der Waals surface area contributed by atoms with E-state index in [1.165, 1.54) is 0 Å². The van der Waals surface area contributed by atoms with Gasteiger partial charge in [-0.05, 0) is 36.5 Å². The molecule has 4 nitrogen and oxygen atoms in total. The maximum atomic E-state index is 11.4. The van der Waals surface area contributed by atoms with E-state index in [4.69, 9.17) is 9.47 Å². The Balaban J connectivity index is 2.22. The average molecular weight is 262 g/mol. The van der Waals surface area contributed by atoms with Gasteiger partial charge in [0.1, 0.15) is 5.75 Å². The van der Waals surface area contributed by atoms with Crippen LogP contribution in [0.25, 0.3) is 5.57 Å². The van der Waals surface area contributed by atoms with E-state index in [0.29, 0.717) is 24.4 Å². The number of carbonyl (C=O) groups is 1. The zero-order valence-electron chi connectivity index (χ0n) is 11.0. The van der Waals surface area contributed by atoms with E-state index < -0.39 is 5.97 Å². The van der Waals surface area contributed by atoms with Gasteiger partial charge in [0.05, 0.1) is 12.7 Å². The molecule has 2 rings (SSSR count). The molecule has 102 valence electrons. The van der Waals surface area contributed by atoms with Crippen LogP contribution < -0.4 is 4.74 Å². The van der Waals surface area contributed by atoms with Crippen LogP contribution in [0.5, 0.6) is 5.75 Å². The summed E-state index contributed by atoms with van der Waals surface area (Å²) >= 11 is 0. The normalized spacial score (nSPS) is 17.2. The molecule has 0 spiro atoms.